The van der Waals surface area contributed by atoms with Crippen LogP contribution in [0.2, 0.25) is 19.6 Å². The quantitative estimate of drug-likeness (QED) is 0.123. The Bertz CT molecular complexity index is 3110. The predicted octanol–water partition coefficient (Wildman–Crippen LogP) is 14.7. The second kappa shape index (κ2) is 17.4. The van der Waals surface area contributed by atoms with Crippen LogP contribution in [0.15, 0.2) is 138 Å². The first-order valence-electron chi connectivity index (χ1n) is 22.2. The number of para-hydroxylation sites is 3. The Hall–Kier alpha value is -5.39. The van der Waals surface area contributed by atoms with Crippen molar-refractivity contribution in [1.29, 1.82) is 0 Å². The van der Waals surface area contributed by atoms with Crippen LogP contribution in [-0.2, 0) is 31.9 Å². The molecule has 0 atom stereocenters. The molecule has 0 aliphatic carbocycles. The van der Waals surface area contributed by atoms with Crippen LogP contribution in [0.5, 0.6) is 0 Å². The van der Waals surface area contributed by atoms with E-state index in [1.165, 1.54) is 27.8 Å². The zero-order valence-electron chi connectivity index (χ0n) is 39.8. The molecule has 4 nitrogen and oxygen atoms in total. The summed E-state index contributed by atoms with van der Waals surface area (Å²) in [6.07, 6.45) is 0.472. The Labute approximate surface area is 385 Å². The summed E-state index contributed by atoms with van der Waals surface area (Å²) in [6.45, 7) is 23.6. The molecule has 9 aromatic rings. The van der Waals surface area contributed by atoms with Gasteiger partial charge in [-0.1, -0.05) is 144 Å². The molecular formula is C56H57IrN3OSi-2. The number of aryl methyl sites for hydroxylation is 2. The van der Waals surface area contributed by atoms with Crippen molar-refractivity contribution in [3.05, 3.63) is 168 Å². The van der Waals surface area contributed by atoms with Crippen molar-refractivity contribution in [2.24, 2.45) is 5.41 Å². The maximum atomic E-state index is 8.89. The summed E-state index contributed by atoms with van der Waals surface area (Å²) < 4.78 is 26.4. The molecule has 6 heteroatoms. The molecule has 0 fully saturated rings. The third kappa shape index (κ3) is 9.20. The van der Waals surface area contributed by atoms with E-state index in [1.54, 1.807) is 0 Å². The molecule has 0 aliphatic heterocycles. The number of aromatic nitrogens is 3. The van der Waals surface area contributed by atoms with Crippen LogP contribution in [0.4, 0.5) is 0 Å². The van der Waals surface area contributed by atoms with Gasteiger partial charge in [0.15, 0.2) is 0 Å². The Morgan fingerprint density at radius 3 is 2.08 bits per heavy atom. The number of imidazole rings is 1. The number of hydrogen-bond donors (Lipinski definition) is 0. The Morgan fingerprint density at radius 1 is 0.726 bits per heavy atom. The smallest absolute Gasteiger partial charge is 0.120 e. The third-order valence-corrected chi connectivity index (χ3v) is 13.1. The van der Waals surface area contributed by atoms with Gasteiger partial charge in [0.2, 0.25) is 0 Å². The normalized spacial score (nSPS) is 12.8. The minimum absolute atomic E-state index is 0. The first-order valence-corrected chi connectivity index (χ1v) is 24.7. The number of fused-ring (bicyclic) bond motifs is 4. The largest absolute Gasteiger partial charge is 0.501 e. The molecule has 0 saturated carbocycles. The maximum Gasteiger partial charge on any atom is 0.120 e. The number of rotatable bonds is 6. The van der Waals surface area contributed by atoms with E-state index < -0.39 is 19.9 Å². The zero-order chi connectivity index (χ0) is 45.1. The van der Waals surface area contributed by atoms with Gasteiger partial charge in [-0.25, -0.2) is 0 Å². The summed E-state index contributed by atoms with van der Waals surface area (Å²) in [4.78, 5) is 9.85. The van der Waals surface area contributed by atoms with Gasteiger partial charge in [0.05, 0.1) is 30.5 Å². The van der Waals surface area contributed by atoms with Crippen LogP contribution >= 0.6 is 0 Å². The molecule has 0 bridgehead atoms. The number of pyridine rings is 1. The van der Waals surface area contributed by atoms with Crippen molar-refractivity contribution in [2.45, 2.75) is 86.8 Å². The van der Waals surface area contributed by atoms with Gasteiger partial charge in [-0.2, -0.15) is 0 Å². The first kappa shape index (κ1) is 41.9. The van der Waals surface area contributed by atoms with Crippen LogP contribution in [0, 0.1) is 31.4 Å². The van der Waals surface area contributed by atoms with Crippen molar-refractivity contribution in [3.63, 3.8) is 0 Å². The second-order valence-electron chi connectivity index (χ2n) is 19.3. The SMILES string of the molecule is Cc1cc(-c2ccccc2)cc(C)c1-n1c(-c2[c-]ccc3c2oc2ccccc23)nc2ccccc21.[2H]C([2H])(c1cc(-c2[c-]ccc(C(C)(C)C)c2)ncc1[Si](C)(C)C)C(C)(C)C.[Ir]. The van der Waals surface area contributed by atoms with Crippen LogP contribution in [0.3, 0.4) is 0 Å². The molecule has 317 valence electrons. The molecule has 3 aromatic heterocycles. The number of hydrogen-bond acceptors (Lipinski definition) is 3. The van der Waals surface area contributed by atoms with Gasteiger partial charge in [-0.05, 0) is 94.5 Å². The fourth-order valence-corrected chi connectivity index (χ4v) is 9.57. The molecule has 0 aliphatic rings. The van der Waals surface area contributed by atoms with Crippen molar-refractivity contribution in [2.75, 3.05) is 0 Å². The molecule has 6 aromatic carbocycles. The fraction of sp³-hybridized carbons (Fsp3) is 0.250. The van der Waals surface area contributed by atoms with Crippen LogP contribution in [-0.4, -0.2) is 22.6 Å². The molecule has 0 amide bonds. The van der Waals surface area contributed by atoms with Crippen molar-refractivity contribution in [3.8, 4) is 39.5 Å². The van der Waals surface area contributed by atoms with Crippen LogP contribution in [0.1, 0.15) is 66.5 Å². The summed E-state index contributed by atoms with van der Waals surface area (Å²) in [7, 11) is -1.74. The van der Waals surface area contributed by atoms with Gasteiger partial charge in [0, 0.05) is 40.1 Å². The summed E-state index contributed by atoms with van der Waals surface area (Å²) >= 11 is 0. The molecule has 1 radical (unpaired) electrons. The summed E-state index contributed by atoms with van der Waals surface area (Å²) in [5.41, 5.74) is 13.8. The van der Waals surface area contributed by atoms with Gasteiger partial charge in [0.25, 0.3) is 0 Å². The Kier molecular flexibility index (Phi) is 11.8. The van der Waals surface area contributed by atoms with E-state index in [9.17, 15) is 0 Å². The second-order valence-corrected chi connectivity index (χ2v) is 24.3. The molecular weight excluding hydrogens is 951 g/mol. The van der Waals surface area contributed by atoms with Gasteiger partial charge in [-0.15, -0.1) is 53.6 Å². The topological polar surface area (TPSA) is 43.9 Å². The van der Waals surface area contributed by atoms with Crippen molar-refractivity contribution < 1.29 is 27.3 Å². The predicted molar refractivity (Wildman–Crippen MR) is 261 cm³/mol. The zero-order valence-corrected chi connectivity index (χ0v) is 41.2. The first-order chi connectivity index (χ1) is 29.7. The summed E-state index contributed by atoms with van der Waals surface area (Å²) in [6, 6.07) is 50.5. The number of benzene rings is 6. The van der Waals surface area contributed by atoms with E-state index in [-0.39, 0.29) is 25.5 Å². The van der Waals surface area contributed by atoms with Gasteiger partial charge >= 0.3 is 0 Å². The van der Waals surface area contributed by atoms with Crippen molar-refractivity contribution >= 4 is 46.2 Å². The average Bonchev–Trinajstić information content (AvgIpc) is 3.82. The Balaban J connectivity index is 0.000000197. The molecule has 0 unspecified atom stereocenters. The van der Waals surface area contributed by atoms with Crippen LogP contribution < -0.4 is 5.19 Å². The van der Waals surface area contributed by atoms with E-state index in [0.29, 0.717) is 0 Å². The minimum atomic E-state index is -1.74. The van der Waals surface area contributed by atoms with E-state index in [4.69, 9.17) is 17.1 Å². The fourth-order valence-electron chi connectivity index (χ4n) is 8.17. The molecule has 0 saturated heterocycles. The van der Waals surface area contributed by atoms with E-state index in [1.807, 2.05) is 69.4 Å². The maximum absolute atomic E-state index is 8.89. The minimum Gasteiger partial charge on any atom is -0.501 e. The molecule has 3 heterocycles. The van der Waals surface area contributed by atoms with Gasteiger partial charge in [0.1, 0.15) is 5.58 Å². The van der Waals surface area contributed by atoms with E-state index in [2.05, 4.69) is 156 Å². The molecule has 9 rings (SSSR count). The molecule has 62 heavy (non-hydrogen) atoms. The third-order valence-electron chi connectivity index (χ3n) is 11.1. The van der Waals surface area contributed by atoms with E-state index in [0.717, 1.165) is 72.1 Å². The summed E-state index contributed by atoms with van der Waals surface area (Å²) in [5.74, 6) is 0.833. The molecule has 0 N–H and O–H groups in total. The Morgan fingerprint density at radius 2 is 1.39 bits per heavy atom. The van der Waals surface area contributed by atoms with Gasteiger partial charge < -0.3 is 14.0 Å². The standard InChI is InChI=1S/C33H23N2O.C23H34NSi.Ir/c1-21-19-24(23-11-4-3-5-12-23)20-22(2)31(21)35-29-17-8-7-16-28(29)34-33(35)27-15-10-14-26-25-13-6-9-18-30(25)36-32(26)27;1-22(2,3)15-18-14-20(24-16-21(18)25(7,8)9)17-11-10-12-19(13-17)23(4,5)6;/h3-14,16-20H,1-2H3;10,12-14,16H,15H2,1-9H3;/q2*-1;/i;15D2;. The van der Waals surface area contributed by atoms with E-state index >= 15 is 0 Å². The summed E-state index contributed by atoms with van der Waals surface area (Å²) in [5, 5.41) is 3.27. The van der Waals surface area contributed by atoms with Crippen molar-refractivity contribution in [1.82, 2.24) is 14.5 Å². The van der Waals surface area contributed by atoms with Crippen LogP contribution in [0.25, 0.3) is 72.4 Å². The monoisotopic (exact) mass is 1010 g/mol. The number of furan rings is 1. The van der Waals surface area contributed by atoms with Gasteiger partial charge in [-0.3, -0.25) is 4.98 Å². The average molecular weight is 1010 g/mol. The number of nitrogens with zero attached hydrogens (tertiary/aromatic N) is 3. The molecule has 0 spiro atoms.